The van der Waals surface area contributed by atoms with Gasteiger partial charge in [-0.25, -0.2) is 0 Å². The molecule has 5 aliphatic rings. The molecule has 0 nitrogen and oxygen atoms in total. The van der Waals surface area contributed by atoms with Crippen LogP contribution in [0.4, 0.5) is 0 Å². The highest BCUT2D eigenvalue weighted by atomic mass is 14.7. The SMILES string of the molecule is CC1(C)CCC[C@]2(C)[C@H]3CC[C@H]4[C@@]5(C)CCC=C5CC[C@@]4(C)[C@]3(C)CC[C@@H]12. The van der Waals surface area contributed by atoms with E-state index in [2.05, 4.69) is 47.6 Å². The molecule has 0 unspecified atom stereocenters. The van der Waals surface area contributed by atoms with E-state index < -0.39 is 0 Å². The number of fused-ring (bicyclic) bond motifs is 7. The molecule has 0 heterocycles. The van der Waals surface area contributed by atoms with Crippen LogP contribution in [0.15, 0.2) is 11.6 Å². The van der Waals surface area contributed by atoms with Gasteiger partial charge in [0.2, 0.25) is 0 Å². The second-order valence-corrected chi connectivity index (χ2v) is 13.1. The van der Waals surface area contributed by atoms with Gasteiger partial charge in [-0.1, -0.05) is 59.6 Å². The molecule has 0 radical (unpaired) electrons. The fourth-order valence-electron chi connectivity index (χ4n) is 10.6. The number of hydrogen-bond donors (Lipinski definition) is 0. The first-order valence-corrected chi connectivity index (χ1v) is 12.3. The van der Waals surface area contributed by atoms with Crippen LogP contribution < -0.4 is 0 Å². The normalized spacial score (nSPS) is 56.4. The van der Waals surface area contributed by atoms with Crippen molar-refractivity contribution in [2.75, 3.05) is 0 Å². The average Bonchev–Trinajstić information content (AvgIpc) is 2.96. The zero-order valence-corrected chi connectivity index (χ0v) is 19.1. The molecule has 0 bridgehead atoms. The molecule has 0 heteroatoms. The van der Waals surface area contributed by atoms with Gasteiger partial charge in [-0.2, -0.15) is 0 Å². The van der Waals surface area contributed by atoms with Gasteiger partial charge in [0, 0.05) is 0 Å². The van der Waals surface area contributed by atoms with Gasteiger partial charge in [-0.3, -0.25) is 0 Å². The van der Waals surface area contributed by atoms with Crippen LogP contribution >= 0.6 is 0 Å². The second-order valence-electron chi connectivity index (χ2n) is 13.1. The molecule has 7 atom stereocenters. The lowest BCUT2D eigenvalue weighted by Gasteiger charge is -2.72. The molecule has 0 aromatic heterocycles. The molecule has 0 N–H and O–H groups in total. The Hall–Kier alpha value is -0.260. The summed E-state index contributed by atoms with van der Waals surface area (Å²) < 4.78 is 0. The smallest absolute Gasteiger partial charge is 0.00798 e. The molecule has 0 spiro atoms. The third-order valence-electron chi connectivity index (χ3n) is 12.1. The first-order valence-electron chi connectivity index (χ1n) is 12.3. The van der Waals surface area contributed by atoms with Crippen molar-refractivity contribution in [2.24, 2.45) is 44.8 Å². The predicted octanol–water partition coefficient (Wildman–Crippen LogP) is 8.17. The highest BCUT2D eigenvalue weighted by Crippen LogP contribution is 2.76. The van der Waals surface area contributed by atoms with Crippen molar-refractivity contribution in [3.8, 4) is 0 Å². The lowest BCUT2D eigenvalue weighted by atomic mass is 9.32. The molecule has 4 fully saturated rings. The van der Waals surface area contributed by atoms with E-state index in [0.717, 1.165) is 17.8 Å². The largest absolute Gasteiger partial charge is 0.0847 e. The third kappa shape index (κ3) is 2.12. The van der Waals surface area contributed by atoms with Gasteiger partial charge in [0.1, 0.15) is 0 Å². The summed E-state index contributed by atoms with van der Waals surface area (Å²) in [6.45, 7) is 16.1. The molecule has 0 aliphatic heterocycles. The van der Waals surface area contributed by atoms with Crippen molar-refractivity contribution in [3.63, 3.8) is 0 Å². The Kier molecular flexibility index (Phi) is 3.79. The molecule has 0 aromatic carbocycles. The maximum Gasteiger partial charge on any atom is -0.00798 e. The van der Waals surface area contributed by atoms with Crippen LogP contribution in [0.3, 0.4) is 0 Å². The minimum atomic E-state index is 0.532. The lowest BCUT2D eigenvalue weighted by molar-refractivity contribution is -0.226. The first-order chi connectivity index (χ1) is 12.6. The molecule has 0 aromatic rings. The van der Waals surface area contributed by atoms with E-state index in [-0.39, 0.29) is 0 Å². The Balaban J connectivity index is 1.57. The molecule has 4 saturated carbocycles. The van der Waals surface area contributed by atoms with Crippen LogP contribution in [-0.2, 0) is 0 Å². The van der Waals surface area contributed by atoms with Gasteiger partial charge in [0.05, 0.1) is 0 Å². The molecular weight excluding hydrogens is 324 g/mol. The van der Waals surface area contributed by atoms with Crippen molar-refractivity contribution < 1.29 is 0 Å². The zero-order chi connectivity index (χ0) is 19.3. The summed E-state index contributed by atoms with van der Waals surface area (Å²) >= 11 is 0. The minimum absolute atomic E-state index is 0.532. The van der Waals surface area contributed by atoms with Gasteiger partial charge in [-0.15, -0.1) is 0 Å². The molecule has 5 aliphatic carbocycles. The number of hydrogen-bond acceptors (Lipinski definition) is 0. The van der Waals surface area contributed by atoms with Crippen molar-refractivity contribution in [1.29, 1.82) is 0 Å². The Morgan fingerprint density at radius 3 is 2.19 bits per heavy atom. The molecular formula is C27H44. The van der Waals surface area contributed by atoms with E-state index in [0.29, 0.717) is 27.1 Å². The quantitative estimate of drug-likeness (QED) is 0.378. The molecule has 152 valence electrons. The summed E-state index contributed by atoms with van der Waals surface area (Å²) in [5.41, 5.74) is 4.66. The van der Waals surface area contributed by atoms with Crippen molar-refractivity contribution in [1.82, 2.24) is 0 Å². The molecule has 27 heavy (non-hydrogen) atoms. The summed E-state index contributed by atoms with van der Waals surface area (Å²) in [6.07, 6.45) is 18.8. The first kappa shape index (κ1) is 18.7. The van der Waals surface area contributed by atoms with Crippen molar-refractivity contribution in [3.05, 3.63) is 11.6 Å². The van der Waals surface area contributed by atoms with E-state index in [1.165, 1.54) is 70.6 Å². The number of allylic oxidation sites excluding steroid dienone is 2. The van der Waals surface area contributed by atoms with Crippen LogP contribution in [0.25, 0.3) is 0 Å². The van der Waals surface area contributed by atoms with Crippen LogP contribution in [0.1, 0.15) is 112 Å². The topological polar surface area (TPSA) is 0 Å². The van der Waals surface area contributed by atoms with E-state index >= 15 is 0 Å². The monoisotopic (exact) mass is 368 g/mol. The maximum atomic E-state index is 2.78. The zero-order valence-electron chi connectivity index (χ0n) is 19.1. The van der Waals surface area contributed by atoms with Gasteiger partial charge in [-0.05, 0) is 109 Å². The summed E-state index contributed by atoms with van der Waals surface area (Å²) in [6, 6.07) is 0. The van der Waals surface area contributed by atoms with Crippen LogP contribution in [-0.4, -0.2) is 0 Å². The van der Waals surface area contributed by atoms with Gasteiger partial charge in [0.25, 0.3) is 0 Å². The fourth-order valence-corrected chi connectivity index (χ4v) is 10.6. The molecule has 0 saturated heterocycles. The minimum Gasteiger partial charge on any atom is -0.0847 e. The lowest BCUT2D eigenvalue weighted by Crippen LogP contribution is -2.65. The fraction of sp³-hybridized carbons (Fsp3) is 0.926. The number of rotatable bonds is 0. The Bertz CT molecular complexity index is 670. The summed E-state index contributed by atoms with van der Waals surface area (Å²) in [4.78, 5) is 0. The Morgan fingerprint density at radius 2 is 1.41 bits per heavy atom. The van der Waals surface area contributed by atoms with Crippen LogP contribution in [0, 0.1) is 44.8 Å². The van der Waals surface area contributed by atoms with E-state index in [9.17, 15) is 0 Å². The van der Waals surface area contributed by atoms with Gasteiger partial charge in [0.15, 0.2) is 0 Å². The highest BCUT2D eigenvalue weighted by molar-refractivity contribution is 5.29. The Morgan fingerprint density at radius 1 is 0.704 bits per heavy atom. The second kappa shape index (κ2) is 5.46. The molecule has 5 rings (SSSR count). The van der Waals surface area contributed by atoms with Crippen molar-refractivity contribution >= 4 is 0 Å². The van der Waals surface area contributed by atoms with E-state index in [1.807, 2.05) is 5.57 Å². The van der Waals surface area contributed by atoms with E-state index in [4.69, 9.17) is 0 Å². The highest BCUT2D eigenvalue weighted by Gasteiger charge is 2.68. The van der Waals surface area contributed by atoms with Crippen molar-refractivity contribution in [2.45, 2.75) is 112 Å². The summed E-state index contributed by atoms with van der Waals surface area (Å²) in [5.74, 6) is 2.85. The standard InChI is InChI=1S/C27H44/c1-23(2)14-8-16-25(4)20(23)13-18-27(6)22(25)11-10-21-24(3)15-7-9-19(24)12-17-26(21,27)5/h9,20-22H,7-8,10-18H2,1-6H3/t20-,21-,22+,24-,25-,26+,27+/m0/s1. The summed E-state index contributed by atoms with van der Waals surface area (Å²) in [5, 5.41) is 0. The van der Waals surface area contributed by atoms with Gasteiger partial charge < -0.3 is 0 Å². The molecule has 0 amide bonds. The third-order valence-corrected chi connectivity index (χ3v) is 12.1. The maximum absolute atomic E-state index is 2.78. The summed E-state index contributed by atoms with van der Waals surface area (Å²) in [7, 11) is 0. The predicted molar refractivity (Wildman–Crippen MR) is 116 cm³/mol. The Labute approximate surface area is 169 Å². The van der Waals surface area contributed by atoms with Crippen LogP contribution in [0.2, 0.25) is 0 Å². The van der Waals surface area contributed by atoms with E-state index in [1.54, 1.807) is 0 Å². The van der Waals surface area contributed by atoms with Crippen LogP contribution in [0.5, 0.6) is 0 Å². The van der Waals surface area contributed by atoms with Gasteiger partial charge >= 0.3 is 0 Å². The average molecular weight is 369 g/mol.